The fourth-order valence-electron chi connectivity index (χ4n) is 2.02. The summed E-state index contributed by atoms with van der Waals surface area (Å²) in [5.74, 6) is 0.200. The molecule has 1 spiro atoms. The molecule has 2 aliphatic rings. The van der Waals surface area contributed by atoms with Gasteiger partial charge in [-0.15, -0.1) is 0 Å². The number of hydrogen-bond acceptors (Lipinski definition) is 3. The molecule has 1 saturated carbocycles. The van der Waals surface area contributed by atoms with Crippen molar-refractivity contribution in [2.24, 2.45) is 5.92 Å². The largest absolute Gasteiger partial charge is 0.390 e. The first-order valence-corrected chi connectivity index (χ1v) is 4.27. The van der Waals surface area contributed by atoms with Gasteiger partial charge in [-0.3, -0.25) is 0 Å². The van der Waals surface area contributed by atoms with E-state index in [0.29, 0.717) is 6.54 Å². The Labute approximate surface area is 66.4 Å². The molecule has 2 fully saturated rings. The fraction of sp³-hybridized carbons (Fsp3) is 1.00. The van der Waals surface area contributed by atoms with E-state index in [-0.39, 0.29) is 11.5 Å². The lowest BCUT2D eigenvalue weighted by atomic mass is 9.86. The van der Waals surface area contributed by atoms with Gasteiger partial charge >= 0.3 is 0 Å². The molecule has 0 aromatic carbocycles. The van der Waals surface area contributed by atoms with Crippen LogP contribution in [0.5, 0.6) is 0 Å². The normalized spacial score (nSPS) is 47.7. The van der Waals surface area contributed by atoms with Crippen molar-refractivity contribution < 1.29 is 10.2 Å². The fourth-order valence-corrected chi connectivity index (χ4v) is 2.02. The van der Waals surface area contributed by atoms with Crippen LogP contribution in [0.25, 0.3) is 0 Å². The lowest BCUT2D eigenvalue weighted by Gasteiger charge is -2.37. The predicted octanol–water partition coefficient (Wildman–Crippen LogP) is -0.520. The van der Waals surface area contributed by atoms with E-state index in [4.69, 9.17) is 0 Å². The van der Waals surface area contributed by atoms with E-state index >= 15 is 0 Å². The van der Waals surface area contributed by atoms with Gasteiger partial charge in [0, 0.05) is 18.0 Å². The summed E-state index contributed by atoms with van der Waals surface area (Å²) in [6.07, 6.45) is 1.20. The molecule has 0 radical (unpaired) electrons. The molecule has 1 saturated heterocycles. The van der Waals surface area contributed by atoms with Crippen molar-refractivity contribution in [1.29, 1.82) is 0 Å². The first kappa shape index (κ1) is 7.53. The minimum absolute atomic E-state index is 0.179. The van der Waals surface area contributed by atoms with E-state index in [1.165, 1.54) is 0 Å². The van der Waals surface area contributed by atoms with Gasteiger partial charge in [0.05, 0.1) is 12.2 Å². The van der Waals surface area contributed by atoms with Crippen LogP contribution in [-0.4, -0.2) is 34.5 Å². The Hall–Kier alpha value is -0.120. The molecule has 0 aromatic heterocycles. The Morgan fingerprint density at radius 3 is 2.55 bits per heavy atom. The number of nitrogens with one attached hydrogen (secondary N) is 1. The Morgan fingerprint density at radius 2 is 2.00 bits per heavy atom. The van der Waals surface area contributed by atoms with Crippen LogP contribution < -0.4 is 5.32 Å². The maximum atomic E-state index is 9.53. The lowest BCUT2D eigenvalue weighted by molar-refractivity contribution is -0.0511. The van der Waals surface area contributed by atoms with Crippen LogP contribution in [0, 0.1) is 5.92 Å². The number of aliphatic hydroxyl groups excluding tert-OH is 2. The highest BCUT2D eigenvalue weighted by atomic mass is 16.3. The molecule has 0 bridgehead atoms. The number of β-amino-alcohol motifs (C(OH)–C–C–N with tert-alkyl or cyclic N) is 1. The molecule has 1 aliphatic heterocycles. The quantitative estimate of drug-likeness (QED) is 0.443. The number of rotatable bonds is 0. The number of hydrogen-bond donors (Lipinski definition) is 3. The first-order chi connectivity index (χ1) is 5.16. The van der Waals surface area contributed by atoms with Gasteiger partial charge in [-0.2, -0.15) is 0 Å². The Balaban J connectivity index is 2.09. The topological polar surface area (TPSA) is 52.5 Å². The molecule has 3 atom stereocenters. The second kappa shape index (κ2) is 2.19. The van der Waals surface area contributed by atoms with Crippen LogP contribution >= 0.6 is 0 Å². The molecule has 1 heterocycles. The smallest absolute Gasteiger partial charge is 0.0926 e. The highest BCUT2D eigenvalue weighted by molar-refractivity contribution is 5.11. The monoisotopic (exact) mass is 157 g/mol. The van der Waals surface area contributed by atoms with Gasteiger partial charge in [0.2, 0.25) is 0 Å². The van der Waals surface area contributed by atoms with Gasteiger partial charge in [-0.05, 0) is 12.8 Å². The molecule has 3 nitrogen and oxygen atoms in total. The minimum Gasteiger partial charge on any atom is -0.390 e. The van der Waals surface area contributed by atoms with E-state index in [1.54, 1.807) is 0 Å². The molecule has 64 valence electrons. The zero-order valence-corrected chi connectivity index (χ0v) is 6.75. The summed E-state index contributed by atoms with van der Waals surface area (Å²) in [6.45, 7) is 2.55. The van der Waals surface area contributed by atoms with Gasteiger partial charge in [0.25, 0.3) is 0 Å². The third kappa shape index (κ3) is 0.991. The van der Waals surface area contributed by atoms with Crippen molar-refractivity contribution in [2.45, 2.75) is 37.5 Å². The van der Waals surface area contributed by atoms with Crippen LogP contribution in [0.15, 0.2) is 0 Å². The molecule has 3 heteroatoms. The average Bonchev–Trinajstić information content (AvgIpc) is 2.76. The number of piperidine rings is 1. The molecule has 1 aliphatic carbocycles. The molecule has 2 rings (SSSR count). The van der Waals surface area contributed by atoms with Gasteiger partial charge < -0.3 is 15.5 Å². The van der Waals surface area contributed by atoms with E-state index in [9.17, 15) is 10.2 Å². The zero-order chi connectivity index (χ0) is 8.06. The summed E-state index contributed by atoms with van der Waals surface area (Å²) >= 11 is 0. The van der Waals surface area contributed by atoms with Crippen LogP contribution in [-0.2, 0) is 0 Å². The molecule has 0 amide bonds. The predicted molar refractivity (Wildman–Crippen MR) is 41.1 cm³/mol. The van der Waals surface area contributed by atoms with Crippen molar-refractivity contribution >= 4 is 0 Å². The SMILES string of the molecule is CC1C(O)C(O)CNC12CC2. The van der Waals surface area contributed by atoms with Crippen molar-refractivity contribution in [3.8, 4) is 0 Å². The molecular weight excluding hydrogens is 142 g/mol. The van der Waals surface area contributed by atoms with E-state index in [0.717, 1.165) is 12.8 Å². The highest BCUT2D eigenvalue weighted by Gasteiger charge is 2.53. The Morgan fingerprint density at radius 1 is 1.36 bits per heavy atom. The highest BCUT2D eigenvalue weighted by Crippen LogP contribution is 2.45. The van der Waals surface area contributed by atoms with Gasteiger partial charge in [-0.25, -0.2) is 0 Å². The standard InChI is InChI=1S/C8H15NO2/c1-5-7(11)6(10)4-9-8(5)2-3-8/h5-7,9-11H,2-4H2,1H3. The Kier molecular flexibility index (Phi) is 1.50. The van der Waals surface area contributed by atoms with E-state index in [2.05, 4.69) is 5.32 Å². The third-order valence-corrected chi connectivity index (χ3v) is 3.23. The molecule has 0 aromatic rings. The maximum absolute atomic E-state index is 9.53. The second-order valence-corrected chi connectivity index (χ2v) is 3.88. The van der Waals surface area contributed by atoms with Crippen molar-refractivity contribution in [3.05, 3.63) is 0 Å². The summed E-state index contributed by atoms with van der Waals surface area (Å²) in [4.78, 5) is 0. The van der Waals surface area contributed by atoms with Crippen molar-refractivity contribution in [3.63, 3.8) is 0 Å². The van der Waals surface area contributed by atoms with Crippen molar-refractivity contribution in [1.82, 2.24) is 5.32 Å². The molecular formula is C8H15NO2. The van der Waals surface area contributed by atoms with Crippen LogP contribution in [0.1, 0.15) is 19.8 Å². The van der Waals surface area contributed by atoms with Crippen LogP contribution in [0.2, 0.25) is 0 Å². The number of aliphatic hydroxyl groups is 2. The first-order valence-electron chi connectivity index (χ1n) is 4.27. The minimum atomic E-state index is -0.573. The molecule has 3 unspecified atom stereocenters. The van der Waals surface area contributed by atoms with Crippen LogP contribution in [0.4, 0.5) is 0 Å². The second-order valence-electron chi connectivity index (χ2n) is 3.88. The molecule has 3 N–H and O–H groups in total. The van der Waals surface area contributed by atoms with Crippen LogP contribution in [0.3, 0.4) is 0 Å². The molecule has 11 heavy (non-hydrogen) atoms. The average molecular weight is 157 g/mol. The summed E-state index contributed by atoms with van der Waals surface area (Å²) in [5, 5.41) is 22.1. The van der Waals surface area contributed by atoms with Gasteiger partial charge in [-0.1, -0.05) is 6.92 Å². The van der Waals surface area contributed by atoms with Crippen molar-refractivity contribution in [2.75, 3.05) is 6.54 Å². The summed E-state index contributed by atoms with van der Waals surface area (Å²) < 4.78 is 0. The lowest BCUT2D eigenvalue weighted by Crippen LogP contribution is -2.57. The van der Waals surface area contributed by atoms with Gasteiger partial charge in [0.15, 0.2) is 0 Å². The van der Waals surface area contributed by atoms with E-state index in [1.807, 2.05) is 6.92 Å². The van der Waals surface area contributed by atoms with E-state index < -0.39 is 12.2 Å². The zero-order valence-electron chi connectivity index (χ0n) is 6.75. The summed E-state index contributed by atoms with van der Waals surface area (Å²) in [7, 11) is 0. The summed E-state index contributed by atoms with van der Waals surface area (Å²) in [5.41, 5.74) is 0.179. The Bertz CT molecular complexity index is 167. The maximum Gasteiger partial charge on any atom is 0.0926 e. The summed E-state index contributed by atoms with van der Waals surface area (Å²) in [6, 6.07) is 0. The van der Waals surface area contributed by atoms with Gasteiger partial charge in [0.1, 0.15) is 0 Å². The third-order valence-electron chi connectivity index (χ3n) is 3.23.